The summed E-state index contributed by atoms with van der Waals surface area (Å²) < 4.78 is 3.48. The Morgan fingerprint density at radius 1 is 0.929 bits per heavy atom. The van der Waals surface area contributed by atoms with Crippen molar-refractivity contribution in [2.45, 2.75) is 0 Å². The summed E-state index contributed by atoms with van der Waals surface area (Å²) in [6, 6.07) is 9.62. The first kappa shape index (κ1) is 9.80. The van der Waals surface area contributed by atoms with Crippen LogP contribution in [0.3, 0.4) is 0 Å². The lowest BCUT2D eigenvalue weighted by atomic mass is 10.3. The summed E-state index contributed by atoms with van der Waals surface area (Å²) in [6.45, 7) is 0. The van der Waals surface area contributed by atoms with Gasteiger partial charge in [-0.15, -0.1) is 0 Å². The molecule has 4 heteroatoms. The lowest BCUT2D eigenvalue weighted by Gasteiger charge is -2.09. The molecule has 0 bridgehead atoms. The van der Waals surface area contributed by atoms with Crippen LogP contribution in [0.2, 0.25) is 0 Å². The van der Waals surface area contributed by atoms with Gasteiger partial charge in [-0.1, -0.05) is 6.07 Å². The van der Waals surface area contributed by atoms with E-state index >= 15 is 0 Å². The Morgan fingerprint density at radius 2 is 1.50 bits per heavy atom. The van der Waals surface area contributed by atoms with Crippen molar-refractivity contribution < 1.29 is 4.84 Å². The maximum absolute atomic E-state index is 5.60. The molecule has 0 N–H and O–H groups in total. The summed E-state index contributed by atoms with van der Waals surface area (Å²) in [4.78, 5) is 5.60. The number of hydrogen-bond acceptors (Lipinski definition) is 1. The van der Waals surface area contributed by atoms with Gasteiger partial charge in [0.15, 0.2) is 5.75 Å². The van der Waals surface area contributed by atoms with Crippen LogP contribution < -0.4 is 4.84 Å². The number of benzene rings is 1. The Labute approximate surface area is 98.7 Å². The molecule has 1 aromatic heterocycles. The zero-order valence-corrected chi connectivity index (χ0v) is 10.3. The van der Waals surface area contributed by atoms with Crippen LogP contribution in [0.4, 0.5) is 0 Å². The van der Waals surface area contributed by atoms with Crippen molar-refractivity contribution in [3.8, 4) is 5.75 Å². The van der Waals surface area contributed by atoms with Crippen molar-refractivity contribution in [1.29, 1.82) is 0 Å². The first-order valence-corrected chi connectivity index (χ1v) is 5.61. The highest BCUT2D eigenvalue weighted by Gasteiger charge is 2.06. The number of halogens is 2. The molecule has 0 fully saturated rings. The van der Waals surface area contributed by atoms with Gasteiger partial charge in [-0.25, -0.2) is 0 Å². The van der Waals surface area contributed by atoms with Gasteiger partial charge in [0.25, 0.3) is 0 Å². The molecule has 0 saturated carbocycles. The van der Waals surface area contributed by atoms with Gasteiger partial charge in [-0.2, -0.15) is 4.73 Å². The van der Waals surface area contributed by atoms with Crippen LogP contribution in [0.15, 0.2) is 51.7 Å². The minimum Gasteiger partial charge on any atom is -0.373 e. The third-order valence-electron chi connectivity index (χ3n) is 1.69. The van der Waals surface area contributed by atoms with Crippen LogP contribution >= 0.6 is 31.9 Å². The van der Waals surface area contributed by atoms with E-state index in [1.54, 1.807) is 4.73 Å². The van der Waals surface area contributed by atoms with Crippen LogP contribution in [-0.4, -0.2) is 4.73 Å². The van der Waals surface area contributed by atoms with Crippen LogP contribution in [0.1, 0.15) is 0 Å². The van der Waals surface area contributed by atoms with E-state index in [-0.39, 0.29) is 0 Å². The molecule has 1 heterocycles. The summed E-state index contributed by atoms with van der Waals surface area (Å²) >= 11 is 6.85. The summed E-state index contributed by atoms with van der Waals surface area (Å²) in [5.74, 6) is 0.767. The second kappa shape index (κ2) is 4.19. The Bertz CT molecular complexity index is 405. The minimum absolute atomic E-state index is 0.767. The maximum Gasteiger partial charge on any atom is 0.184 e. The van der Waals surface area contributed by atoms with E-state index in [1.165, 1.54) is 0 Å². The average Bonchev–Trinajstić information content (AvgIpc) is 2.64. The maximum atomic E-state index is 5.60. The van der Waals surface area contributed by atoms with E-state index in [1.807, 2.05) is 42.7 Å². The van der Waals surface area contributed by atoms with E-state index in [9.17, 15) is 0 Å². The highest BCUT2D eigenvalue weighted by Crippen LogP contribution is 2.33. The summed E-state index contributed by atoms with van der Waals surface area (Å²) in [5.41, 5.74) is 0. The van der Waals surface area contributed by atoms with E-state index < -0.39 is 0 Å². The van der Waals surface area contributed by atoms with Crippen molar-refractivity contribution in [3.05, 3.63) is 51.7 Å². The molecule has 0 aliphatic heterocycles. The summed E-state index contributed by atoms with van der Waals surface area (Å²) in [7, 11) is 0. The highest BCUT2D eigenvalue weighted by molar-refractivity contribution is 9.11. The highest BCUT2D eigenvalue weighted by atomic mass is 79.9. The molecule has 0 atom stereocenters. The topological polar surface area (TPSA) is 14.2 Å². The summed E-state index contributed by atoms with van der Waals surface area (Å²) in [5, 5.41) is 0. The van der Waals surface area contributed by atoms with Crippen LogP contribution in [0, 0.1) is 0 Å². The van der Waals surface area contributed by atoms with Gasteiger partial charge in [-0.3, -0.25) is 0 Å². The Balaban J connectivity index is 2.33. The molecule has 0 radical (unpaired) electrons. The number of aromatic nitrogens is 1. The van der Waals surface area contributed by atoms with Gasteiger partial charge in [0.05, 0.1) is 8.95 Å². The molecule has 0 unspecified atom stereocenters. The molecule has 0 aliphatic rings. The zero-order chi connectivity index (χ0) is 9.97. The molecule has 0 aliphatic carbocycles. The smallest absolute Gasteiger partial charge is 0.184 e. The Hall–Kier alpha value is -0.740. The number of nitrogens with zero attached hydrogens (tertiary/aromatic N) is 1. The molecule has 0 amide bonds. The van der Waals surface area contributed by atoms with Crippen LogP contribution in [-0.2, 0) is 0 Å². The van der Waals surface area contributed by atoms with E-state index in [2.05, 4.69) is 31.9 Å². The standard InChI is InChI=1S/C10H7Br2NO/c11-8-4-3-5-9(12)10(8)14-13-6-1-2-7-13/h1-7H. The van der Waals surface area contributed by atoms with Gasteiger partial charge in [-0.05, 0) is 56.1 Å². The molecule has 0 spiro atoms. The lowest BCUT2D eigenvalue weighted by Crippen LogP contribution is -2.02. The predicted molar refractivity (Wildman–Crippen MR) is 62.3 cm³/mol. The van der Waals surface area contributed by atoms with Gasteiger partial charge in [0.2, 0.25) is 0 Å². The molecule has 14 heavy (non-hydrogen) atoms. The van der Waals surface area contributed by atoms with Crippen molar-refractivity contribution in [2.75, 3.05) is 0 Å². The normalized spacial score (nSPS) is 10.1. The molecular weight excluding hydrogens is 310 g/mol. The number of para-hydroxylation sites is 1. The molecular formula is C10H7Br2NO. The van der Waals surface area contributed by atoms with Crippen molar-refractivity contribution in [2.24, 2.45) is 0 Å². The fraction of sp³-hybridized carbons (Fsp3) is 0. The van der Waals surface area contributed by atoms with Gasteiger partial charge < -0.3 is 4.84 Å². The SMILES string of the molecule is Brc1cccc(Br)c1On1cccc1. The monoisotopic (exact) mass is 315 g/mol. The second-order valence-electron chi connectivity index (χ2n) is 2.69. The fourth-order valence-electron chi connectivity index (χ4n) is 1.05. The van der Waals surface area contributed by atoms with E-state index in [0.717, 1.165) is 14.7 Å². The Kier molecular flexibility index (Phi) is 2.93. The molecule has 2 nitrogen and oxygen atoms in total. The first-order valence-electron chi connectivity index (χ1n) is 4.03. The third-order valence-corrected chi connectivity index (χ3v) is 2.94. The van der Waals surface area contributed by atoms with Gasteiger partial charge in [0, 0.05) is 12.4 Å². The fourth-order valence-corrected chi connectivity index (χ4v) is 2.20. The minimum atomic E-state index is 0.767. The number of rotatable bonds is 2. The van der Waals surface area contributed by atoms with Crippen molar-refractivity contribution >= 4 is 31.9 Å². The molecule has 0 saturated heterocycles. The van der Waals surface area contributed by atoms with Gasteiger partial charge >= 0.3 is 0 Å². The Morgan fingerprint density at radius 3 is 2.07 bits per heavy atom. The zero-order valence-electron chi connectivity index (χ0n) is 7.15. The predicted octanol–water partition coefficient (Wildman–Crippen LogP) is 3.86. The summed E-state index contributed by atoms with van der Waals surface area (Å²) in [6.07, 6.45) is 3.68. The molecule has 2 aromatic rings. The van der Waals surface area contributed by atoms with Crippen LogP contribution in [0.25, 0.3) is 0 Å². The van der Waals surface area contributed by atoms with E-state index in [4.69, 9.17) is 4.84 Å². The quantitative estimate of drug-likeness (QED) is 0.820. The third kappa shape index (κ3) is 2.01. The van der Waals surface area contributed by atoms with Crippen molar-refractivity contribution in [1.82, 2.24) is 4.73 Å². The van der Waals surface area contributed by atoms with Gasteiger partial charge in [0.1, 0.15) is 0 Å². The van der Waals surface area contributed by atoms with Crippen LogP contribution in [0.5, 0.6) is 5.75 Å². The lowest BCUT2D eigenvalue weighted by molar-refractivity contribution is 0.214. The number of hydrogen-bond donors (Lipinski definition) is 0. The van der Waals surface area contributed by atoms with E-state index in [0.29, 0.717) is 0 Å². The first-order chi connectivity index (χ1) is 6.77. The molecule has 1 aromatic carbocycles. The molecule has 2 rings (SSSR count). The molecule has 72 valence electrons. The largest absolute Gasteiger partial charge is 0.373 e. The van der Waals surface area contributed by atoms with Crippen molar-refractivity contribution in [3.63, 3.8) is 0 Å². The average molecular weight is 317 g/mol. The second-order valence-corrected chi connectivity index (χ2v) is 4.39.